The number of rotatable bonds is 1. The van der Waals surface area contributed by atoms with Crippen molar-refractivity contribution in [1.29, 1.82) is 0 Å². The zero-order valence-electron chi connectivity index (χ0n) is 10.6. The van der Waals surface area contributed by atoms with Crippen LogP contribution in [0.3, 0.4) is 0 Å². The SMILES string of the molecule is CB1OC(C)(C)c2cc(F)c(C(C)C)cc21. The molecule has 1 aliphatic rings. The molecule has 0 saturated heterocycles. The summed E-state index contributed by atoms with van der Waals surface area (Å²) in [4.78, 5) is 0. The lowest BCUT2D eigenvalue weighted by molar-refractivity contribution is 0.124. The van der Waals surface area contributed by atoms with E-state index in [9.17, 15) is 4.39 Å². The van der Waals surface area contributed by atoms with Gasteiger partial charge in [-0.15, -0.1) is 0 Å². The smallest absolute Gasteiger partial charge is 0.325 e. The molecule has 0 bridgehead atoms. The third-order valence-electron chi connectivity index (χ3n) is 3.35. The number of hydrogen-bond acceptors (Lipinski definition) is 1. The van der Waals surface area contributed by atoms with E-state index in [-0.39, 0.29) is 24.3 Å². The van der Waals surface area contributed by atoms with E-state index in [1.54, 1.807) is 6.07 Å². The van der Waals surface area contributed by atoms with Crippen LogP contribution in [0.15, 0.2) is 12.1 Å². The summed E-state index contributed by atoms with van der Waals surface area (Å²) in [6.07, 6.45) is 0. The zero-order valence-corrected chi connectivity index (χ0v) is 10.6. The maximum Gasteiger partial charge on any atom is 0.325 e. The van der Waals surface area contributed by atoms with Gasteiger partial charge in [0, 0.05) is 0 Å². The fourth-order valence-electron chi connectivity index (χ4n) is 2.48. The highest BCUT2D eigenvalue weighted by atomic mass is 19.1. The van der Waals surface area contributed by atoms with Crippen molar-refractivity contribution in [3.8, 4) is 0 Å². The second kappa shape index (κ2) is 3.59. The molecule has 1 heterocycles. The van der Waals surface area contributed by atoms with Gasteiger partial charge in [0.05, 0.1) is 5.60 Å². The van der Waals surface area contributed by atoms with E-state index >= 15 is 0 Å². The third-order valence-corrected chi connectivity index (χ3v) is 3.35. The lowest BCUT2D eigenvalue weighted by atomic mass is 9.63. The Kier molecular flexibility index (Phi) is 2.62. The molecule has 0 N–H and O–H groups in total. The molecule has 2 rings (SSSR count). The number of hydrogen-bond donors (Lipinski definition) is 0. The number of halogens is 1. The second-order valence-corrected chi connectivity index (χ2v) is 5.39. The Morgan fingerprint density at radius 1 is 1.31 bits per heavy atom. The normalized spacial score (nSPS) is 18.1. The molecule has 0 amide bonds. The van der Waals surface area contributed by atoms with Crippen LogP contribution in [0.2, 0.25) is 6.82 Å². The number of fused-ring (bicyclic) bond motifs is 1. The molecule has 1 nitrogen and oxygen atoms in total. The molecule has 16 heavy (non-hydrogen) atoms. The molecule has 0 aromatic heterocycles. The molecule has 0 atom stereocenters. The molecule has 1 aliphatic heterocycles. The first kappa shape index (κ1) is 11.7. The molecule has 86 valence electrons. The Labute approximate surface area is 97.1 Å². The minimum atomic E-state index is -0.370. The summed E-state index contributed by atoms with van der Waals surface area (Å²) >= 11 is 0. The zero-order chi connectivity index (χ0) is 12.1. The molecule has 1 aromatic carbocycles. The first-order chi connectivity index (χ1) is 7.33. The topological polar surface area (TPSA) is 9.23 Å². The van der Waals surface area contributed by atoms with Gasteiger partial charge in [0.25, 0.3) is 0 Å². The van der Waals surface area contributed by atoms with Crippen LogP contribution in [0, 0.1) is 5.82 Å². The van der Waals surface area contributed by atoms with Crippen molar-refractivity contribution in [3.63, 3.8) is 0 Å². The predicted molar refractivity (Wildman–Crippen MR) is 65.9 cm³/mol. The van der Waals surface area contributed by atoms with E-state index in [1.807, 2.05) is 40.6 Å². The van der Waals surface area contributed by atoms with Crippen LogP contribution in [0.1, 0.15) is 44.7 Å². The quantitative estimate of drug-likeness (QED) is 0.661. The van der Waals surface area contributed by atoms with Gasteiger partial charge >= 0.3 is 6.92 Å². The Morgan fingerprint density at radius 3 is 2.50 bits per heavy atom. The van der Waals surface area contributed by atoms with Crippen LogP contribution in [-0.4, -0.2) is 6.92 Å². The largest absolute Gasteiger partial charge is 0.422 e. The van der Waals surface area contributed by atoms with Crippen molar-refractivity contribution in [2.24, 2.45) is 0 Å². The van der Waals surface area contributed by atoms with Crippen molar-refractivity contribution in [2.45, 2.75) is 46.0 Å². The van der Waals surface area contributed by atoms with Gasteiger partial charge in [0.2, 0.25) is 0 Å². The second-order valence-electron chi connectivity index (χ2n) is 5.39. The van der Waals surface area contributed by atoms with E-state index in [4.69, 9.17) is 4.65 Å². The van der Waals surface area contributed by atoms with Crippen molar-refractivity contribution >= 4 is 12.4 Å². The molecule has 0 aliphatic carbocycles. The average Bonchev–Trinajstić information content (AvgIpc) is 2.36. The average molecular weight is 220 g/mol. The summed E-state index contributed by atoms with van der Waals surface area (Å²) < 4.78 is 19.8. The van der Waals surface area contributed by atoms with Crippen molar-refractivity contribution in [3.05, 3.63) is 29.1 Å². The van der Waals surface area contributed by atoms with Gasteiger partial charge in [0.1, 0.15) is 5.82 Å². The van der Waals surface area contributed by atoms with Crippen LogP contribution >= 0.6 is 0 Å². The van der Waals surface area contributed by atoms with Crippen LogP contribution in [0.25, 0.3) is 0 Å². The molecule has 0 saturated carbocycles. The molecule has 0 spiro atoms. The minimum absolute atomic E-state index is 0.0584. The standard InChI is InChI=1S/C13H18BFO/c1-8(2)9-6-11-10(7-12(9)15)13(3,4)16-14(11)5/h6-8H,1-5H3. The molecular weight excluding hydrogens is 202 g/mol. The van der Waals surface area contributed by atoms with Crippen LogP contribution in [0.4, 0.5) is 4.39 Å². The van der Waals surface area contributed by atoms with Crippen molar-refractivity contribution in [2.75, 3.05) is 0 Å². The van der Waals surface area contributed by atoms with Gasteiger partial charge in [-0.1, -0.05) is 26.7 Å². The Hall–Kier alpha value is -0.825. The predicted octanol–water partition coefficient (Wildman–Crippen LogP) is 3.04. The Morgan fingerprint density at radius 2 is 1.94 bits per heavy atom. The summed E-state index contributed by atoms with van der Waals surface area (Å²) in [5, 5.41) is 0. The molecule has 3 heteroatoms. The van der Waals surface area contributed by atoms with Gasteiger partial charge in [-0.25, -0.2) is 4.39 Å². The molecule has 0 fully saturated rings. The fourth-order valence-corrected chi connectivity index (χ4v) is 2.48. The van der Waals surface area contributed by atoms with Crippen molar-refractivity contribution in [1.82, 2.24) is 0 Å². The number of benzene rings is 1. The van der Waals surface area contributed by atoms with Gasteiger partial charge < -0.3 is 4.65 Å². The lowest BCUT2D eigenvalue weighted by Gasteiger charge is -2.21. The van der Waals surface area contributed by atoms with Crippen molar-refractivity contribution < 1.29 is 9.04 Å². The highest BCUT2D eigenvalue weighted by Gasteiger charge is 2.38. The van der Waals surface area contributed by atoms with E-state index in [0.717, 1.165) is 16.6 Å². The monoisotopic (exact) mass is 220 g/mol. The highest BCUT2D eigenvalue weighted by molar-refractivity contribution is 6.67. The first-order valence-electron chi connectivity index (χ1n) is 5.84. The van der Waals surface area contributed by atoms with Gasteiger partial charge in [0.15, 0.2) is 0 Å². The van der Waals surface area contributed by atoms with Crippen LogP contribution in [-0.2, 0) is 10.3 Å². The Bertz CT molecular complexity index is 426. The van der Waals surface area contributed by atoms with E-state index in [2.05, 4.69) is 0 Å². The molecule has 1 aromatic rings. The molecule has 0 unspecified atom stereocenters. The van der Waals surface area contributed by atoms with E-state index in [0.29, 0.717) is 0 Å². The molecule has 0 radical (unpaired) electrons. The molecular formula is C13H18BFO. The van der Waals surface area contributed by atoms with Gasteiger partial charge in [-0.2, -0.15) is 0 Å². The van der Waals surface area contributed by atoms with Gasteiger partial charge in [-0.3, -0.25) is 0 Å². The lowest BCUT2D eigenvalue weighted by Crippen LogP contribution is -2.25. The van der Waals surface area contributed by atoms with Gasteiger partial charge in [-0.05, 0) is 42.4 Å². The minimum Gasteiger partial charge on any atom is -0.422 e. The highest BCUT2D eigenvalue weighted by Crippen LogP contribution is 2.32. The summed E-state index contributed by atoms with van der Waals surface area (Å²) in [6.45, 7) is 10.1. The summed E-state index contributed by atoms with van der Waals surface area (Å²) in [6, 6.07) is 3.61. The van der Waals surface area contributed by atoms with Crippen LogP contribution < -0.4 is 5.46 Å². The maximum absolute atomic E-state index is 13.9. The summed E-state index contributed by atoms with van der Waals surface area (Å²) in [7, 11) is 0. The van der Waals surface area contributed by atoms with E-state index in [1.165, 1.54) is 0 Å². The first-order valence-corrected chi connectivity index (χ1v) is 5.84. The van der Waals surface area contributed by atoms with Crippen LogP contribution in [0.5, 0.6) is 0 Å². The van der Waals surface area contributed by atoms with E-state index < -0.39 is 0 Å². The fraction of sp³-hybridized carbons (Fsp3) is 0.538. The Balaban J connectivity index is 2.60. The maximum atomic E-state index is 13.9. The third kappa shape index (κ3) is 1.67. The summed E-state index contributed by atoms with van der Waals surface area (Å²) in [5.74, 6) is 0.0979. The summed E-state index contributed by atoms with van der Waals surface area (Å²) in [5.41, 5.74) is 2.54.